The van der Waals surface area contributed by atoms with E-state index in [0.29, 0.717) is 23.7 Å². The van der Waals surface area contributed by atoms with Gasteiger partial charge in [0.2, 0.25) is 5.78 Å². The van der Waals surface area contributed by atoms with Gasteiger partial charge in [0.05, 0.1) is 7.11 Å². The van der Waals surface area contributed by atoms with E-state index in [4.69, 9.17) is 9.47 Å². The van der Waals surface area contributed by atoms with E-state index < -0.39 is 0 Å². The van der Waals surface area contributed by atoms with Crippen LogP contribution in [0.25, 0.3) is 6.08 Å². The molecule has 0 aromatic heterocycles. The van der Waals surface area contributed by atoms with Crippen LogP contribution in [0.1, 0.15) is 15.9 Å². The van der Waals surface area contributed by atoms with E-state index in [9.17, 15) is 10.1 Å². The molecule has 0 spiro atoms. The number of Topliss-reactive ketones (excluding diaryl/α,β-unsaturated/α-hetero) is 1. The minimum atomic E-state index is -0.344. The molecule has 0 fully saturated rings. The van der Waals surface area contributed by atoms with Gasteiger partial charge < -0.3 is 9.47 Å². The van der Waals surface area contributed by atoms with Crippen molar-refractivity contribution < 1.29 is 14.3 Å². The molecule has 24 heavy (non-hydrogen) atoms. The van der Waals surface area contributed by atoms with Crippen molar-refractivity contribution in [3.05, 3.63) is 77.9 Å². The Morgan fingerprint density at radius 2 is 1.96 bits per heavy atom. The summed E-state index contributed by atoms with van der Waals surface area (Å²) in [6.45, 7) is 4.01. The Bertz CT molecular complexity index is 798. The zero-order valence-corrected chi connectivity index (χ0v) is 13.4. The standard InChI is InChI=1S/C20H17NO3/c1-3-11-24-18-9-7-15(8-10-18)12-17(14-21)20(22)16-5-4-6-19(13-16)23-2/h3-10,12-13H,1,11H2,2H3/b17-12+. The van der Waals surface area contributed by atoms with Crippen LogP contribution >= 0.6 is 0 Å². The first-order valence-electron chi connectivity index (χ1n) is 7.32. The second-order valence-electron chi connectivity index (χ2n) is 4.90. The number of ketones is 1. The van der Waals surface area contributed by atoms with Gasteiger partial charge in [-0.2, -0.15) is 5.26 Å². The third kappa shape index (κ3) is 4.34. The van der Waals surface area contributed by atoms with E-state index in [1.165, 1.54) is 7.11 Å². The summed E-state index contributed by atoms with van der Waals surface area (Å²) < 4.78 is 10.5. The molecule has 0 N–H and O–H groups in total. The average Bonchev–Trinajstić information content (AvgIpc) is 2.64. The topological polar surface area (TPSA) is 59.3 Å². The van der Waals surface area contributed by atoms with Crippen LogP contribution in [0.3, 0.4) is 0 Å². The van der Waals surface area contributed by atoms with Gasteiger partial charge in [-0.15, -0.1) is 0 Å². The van der Waals surface area contributed by atoms with E-state index in [2.05, 4.69) is 6.58 Å². The fraction of sp³-hybridized carbons (Fsp3) is 0.100. The van der Waals surface area contributed by atoms with Gasteiger partial charge in [-0.1, -0.05) is 36.9 Å². The zero-order valence-electron chi connectivity index (χ0n) is 13.4. The third-order valence-corrected chi connectivity index (χ3v) is 3.26. The summed E-state index contributed by atoms with van der Waals surface area (Å²) in [5, 5.41) is 9.31. The number of allylic oxidation sites excluding steroid dienone is 1. The van der Waals surface area contributed by atoms with Crippen LogP contribution < -0.4 is 9.47 Å². The maximum atomic E-state index is 12.5. The fourth-order valence-electron chi connectivity index (χ4n) is 2.05. The minimum absolute atomic E-state index is 0.0583. The second kappa shape index (κ2) is 8.35. The third-order valence-electron chi connectivity index (χ3n) is 3.26. The summed E-state index contributed by atoms with van der Waals surface area (Å²) in [5.74, 6) is 0.926. The molecule has 120 valence electrons. The lowest BCUT2D eigenvalue weighted by molar-refractivity contribution is 0.103. The SMILES string of the molecule is C=CCOc1ccc(/C=C(\C#N)C(=O)c2cccc(OC)c2)cc1. The molecule has 2 aromatic carbocycles. The molecule has 0 atom stereocenters. The monoisotopic (exact) mass is 319 g/mol. The number of nitriles is 1. The maximum Gasteiger partial charge on any atom is 0.203 e. The van der Waals surface area contributed by atoms with Gasteiger partial charge >= 0.3 is 0 Å². The largest absolute Gasteiger partial charge is 0.497 e. The molecule has 0 unspecified atom stereocenters. The van der Waals surface area contributed by atoms with Crippen molar-refractivity contribution in [1.29, 1.82) is 5.26 Å². The molecule has 4 nitrogen and oxygen atoms in total. The normalized spacial score (nSPS) is 10.6. The Morgan fingerprint density at radius 3 is 2.58 bits per heavy atom. The molecule has 0 saturated heterocycles. The first kappa shape index (κ1) is 17.0. The molecule has 0 bridgehead atoms. The fourth-order valence-corrected chi connectivity index (χ4v) is 2.05. The van der Waals surface area contributed by atoms with Crippen molar-refractivity contribution in [3.8, 4) is 17.6 Å². The van der Waals surface area contributed by atoms with Gasteiger partial charge in [-0.3, -0.25) is 4.79 Å². The van der Waals surface area contributed by atoms with Crippen molar-refractivity contribution in [1.82, 2.24) is 0 Å². The summed E-state index contributed by atoms with van der Waals surface area (Å²) in [5.41, 5.74) is 1.21. The van der Waals surface area contributed by atoms with Crippen LogP contribution in [0, 0.1) is 11.3 Å². The van der Waals surface area contributed by atoms with E-state index in [1.54, 1.807) is 60.7 Å². The Kier molecular flexibility index (Phi) is 5.93. The molecule has 0 aliphatic carbocycles. The molecule has 0 aliphatic heterocycles. The van der Waals surface area contributed by atoms with Crippen molar-refractivity contribution in [2.24, 2.45) is 0 Å². The molecule has 2 aromatic rings. The Hall–Kier alpha value is -3.32. The zero-order chi connectivity index (χ0) is 17.4. The van der Waals surface area contributed by atoms with E-state index in [1.807, 2.05) is 6.07 Å². The van der Waals surface area contributed by atoms with Crippen molar-refractivity contribution in [3.63, 3.8) is 0 Å². The first-order chi connectivity index (χ1) is 11.7. The van der Waals surface area contributed by atoms with Gasteiger partial charge in [0.25, 0.3) is 0 Å². The smallest absolute Gasteiger partial charge is 0.203 e. The number of methoxy groups -OCH3 is 1. The van der Waals surface area contributed by atoms with Crippen LogP contribution in [0.2, 0.25) is 0 Å². The summed E-state index contributed by atoms with van der Waals surface area (Å²) in [6, 6.07) is 15.8. The summed E-state index contributed by atoms with van der Waals surface area (Å²) in [4.78, 5) is 12.5. The summed E-state index contributed by atoms with van der Waals surface area (Å²) in [6.07, 6.45) is 3.22. The Morgan fingerprint density at radius 1 is 1.21 bits per heavy atom. The molecule has 0 saturated carbocycles. The Labute approximate surface area is 141 Å². The van der Waals surface area contributed by atoms with Gasteiger partial charge in [-0.25, -0.2) is 0 Å². The van der Waals surface area contributed by atoms with Crippen LogP contribution in [-0.2, 0) is 0 Å². The number of carbonyl (C=O) groups excluding carboxylic acids is 1. The number of benzene rings is 2. The van der Waals surface area contributed by atoms with E-state index in [-0.39, 0.29) is 11.4 Å². The van der Waals surface area contributed by atoms with Gasteiger partial charge in [-0.05, 0) is 35.9 Å². The highest BCUT2D eigenvalue weighted by atomic mass is 16.5. The van der Waals surface area contributed by atoms with E-state index >= 15 is 0 Å². The van der Waals surface area contributed by atoms with Crippen LogP contribution in [0.15, 0.2) is 66.8 Å². The van der Waals surface area contributed by atoms with Gasteiger partial charge in [0.1, 0.15) is 29.7 Å². The van der Waals surface area contributed by atoms with Gasteiger partial charge in [0.15, 0.2) is 0 Å². The van der Waals surface area contributed by atoms with Crippen molar-refractivity contribution >= 4 is 11.9 Å². The minimum Gasteiger partial charge on any atom is -0.497 e. The highest BCUT2D eigenvalue weighted by Gasteiger charge is 2.13. The number of nitrogens with zero attached hydrogens (tertiary/aromatic N) is 1. The molecule has 0 amide bonds. The highest BCUT2D eigenvalue weighted by molar-refractivity contribution is 6.14. The van der Waals surface area contributed by atoms with Crippen molar-refractivity contribution in [2.45, 2.75) is 0 Å². The predicted octanol–water partition coefficient (Wildman–Crippen LogP) is 4.05. The number of rotatable bonds is 7. The molecular formula is C20H17NO3. The summed E-state index contributed by atoms with van der Waals surface area (Å²) in [7, 11) is 1.53. The molecular weight excluding hydrogens is 302 g/mol. The maximum absolute atomic E-state index is 12.5. The molecule has 0 heterocycles. The molecule has 0 radical (unpaired) electrons. The lowest BCUT2D eigenvalue weighted by Gasteiger charge is -2.04. The van der Waals surface area contributed by atoms with Crippen LogP contribution in [0.4, 0.5) is 0 Å². The number of hydrogen-bond acceptors (Lipinski definition) is 4. The van der Waals surface area contributed by atoms with Crippen LogP contribution in [-0.4, -0.2) is 19.5 Å². The van der Waals surface area contributed by atoms with Crippen molar-refractivity contribution in [2.75, 3.05) is 13.7 Å². The lowest BCUT2D eigenvalue weighted by atomic mass is 10.0. The van der Waals surface area contributed by atoms with Gasteiger partial charge in [0, 0.05) is 5.56 Å². The number of hydrogen-bond donors (Lipinski definition) is 0. The number of carbonyl (C=O) groups is 1. The predicted molar refractivity (Wildman–Crippen MR) is 93.0 cm³/mol. The number of ether oxygens (including phenoxy) is 2. The molecule has 0 aliphatic rings. The highest BCUT2D eigenvalue weighted by Crippen LogP contribution is 2.19. The first-order valence-corrected chi connectivity index (χ1v) is 7.32. The van der Waals surface area contributed by atoms with E-state index in [0.717, 1.165) is 5.56 Å². The average molecular weight is 319 g/mol. The van der Waals surface area contributed by atoms with Crippen LogP contribution in [0.5, 0.6) is 11.5 Å². The Balaban J connectivity index is 2.23. The molecule has 4 heteroatoms. The summed E-state index contributed by atoms with van der Waals surface area (Å²) >= 11 is 0. The second-order valence-corrected chi connectivity index (χ2v) is 4.90. The molecule has 2 rings (SSSR count). The quantitative estimate of drug-likeness (QED) is 0.334. The lowest BCUT2D eigenvalue weighted by Crippen LogP contribution is -2.02.